The van der Waals surface area contributed by atoms with Crippen molar-refractivity contribution < 1.29 is 23.4 Å². The Morgan fingerprint density at radius 1 is 1.26 bits per heavy atom. The molecule has 0 spiro atoms. The van der Waals surface area contributed by atoms with Crippen molar-refractivity contribution in [3.8, 4) is 5.75 Å². The molecule has 2 atom stereocenters. The Balaban J connectivity index is 1.48. The van der Waals surface area contributed by atoms with Gasteiger partial charge in [0.1, 0.15) is 17.4 Å². The largest absolute Gasteiger partial charge is 0.493 e. The van der Waals surface area contributed by atoms with Crippen molar-refractivity contribution in [2.24, 2.45) is 5.41 Å². The van der Waals surface area contributed by atoms with Crippen LogP contribution in [-0.2, 0) is 11.2 Å². The van der Waals surface area contributed by atoms with E-state index in [1.807, 2.05) is 24.3 Å². The number of amides is 1. The summed E-state index contributed by atoms with van der Waals surface area (Å²) in [7, 11) is 0. The predicted molar refractivity (Wildman–Crippen MR) is 95.5 cm³/mol. The van der Waals surface area contributed by atoms with Crippen LogP contribution >= 0.6 is 0 Å². The molecule has 0 aliphatic carbocycles. The van der Waals surface area contributed by atoms with Gasteiger partial charge in [0.15, 0.2) is 0 Å². The third-order valence-electron chi connectivity index (χ3n) is 5.75. The summed E-state index contributed by atoms with van der Waals surface area (Å²) < 4.78 is 32.6. The second kappa shape index (κ2) is 6.93. The Hall–Kier alpha value is -2.47. The molecule has 0 unspecified atom stereocenters. The van der Waals surface area contributed by atoms with Crippen molar-refractivity contribution in [3.63, 3.8) is 0 Å². The molecule has 142 valence electrons. The highest BCUT2D eigenvalue weighted by Gasteiger charge is 2.51. The smallest absolute Gasteiger partial charge is 0.222 e. The Morgan fingerprint density at radius 2 is 2.07 bits per heavy atom. The first-order chi connectivity index (χ1) is 13.0. The van der Waals surface area contributed by atoms with E-state index in [9.17, 15) is 18.7 Å². The van der Waals surface area contributed by atoms with Gasteiger partial charge in [-0.3, -0.25) is 4.79 Å². The summed E-state index contributed by atoms with van der Waals surface area (Å²) in [6.45, 7) is 1.21. The first kappa shape index (κ1) is 17.9. The molecule has 1 saturated heterocycles. The van der Waals surface area contributed by atoms with Gasteiger partial charge in [-0.1, -0.05) is 24.3 Å². The molecule has 0 radical (unpaired) electrons. The molecule has 2 aliphatic heterocycles. The van der Waals surface area contributed by atoms with E-state index in [2.05, 4.69) is 0 Å². The number of benzene rings is 2. The summed E-state index contributed by atoms with van der Waals surface area (Å²) in [6.07, 6.45) is 0.352. The van der Waals surface area contributed by atoms with Gasteiger partial charge in [-0.2, -0.15) is 0 Å². The Morgan fingerprint density at radius 3 is 2.85 bits per heavy atom. The van der Waals surface area contributed by atoms with Crippen LogP contribution in [0.4, 0.5) is 8.78 Å². The van der Waals surface area contributed by atoms with Crippen molar-refractivity contribution in [3.05, 3.63) is 65.2 Å². The number of likely N-dealkylation sites (tertiary alicyclic amines) is 1. The van der Waals surface area contributed by atoms with Crippen LogP contribution in [0.1, 0.15) is 23.5 Å². The average molecular weight is 373 g/mol. The number of ether oxygens (including phenoxy) is 1. The molecule has 2 heterocycles. The van der Waals surface area contributed by atoms with Crippen LogP contribution in [0.25, 0.3) is 0 Å². The molecule has 1 fully saturated rings. The predicted octanol–water partition coefficient (Wildman–Crippen LogP) is 2.89. The zero-order valence-corrected chi connectivity index (χ0v) is 14.8. The van der Waals surface area contributed by atoms with Gasteiger partial charge in [0.25, 0.3) is 0 Å². The molecular weight excluding hydrogens is 352 g/mol. The molecular formula is C21H21F2NO3. The third kappa shape index (κ3) is 3.18. The minimum absolute atomic E-state index is 0.0129. The van der Waals surface area contributed by atoms with E-state index in [-0.39, 0.29) is 31.3 Å². The summed E-state index contributed by atoms with van der Waals surface area (Å²) >= 11 is 0. The van der Waals surface area contributed by atoms with E-state index in [1.54, 1.807) is 4.90 Å². The normalized spacial score (nSPS) is 23.5. The van der Waals surface area contributed by atoms with Crippen LogP contribution in [0, 0.1) is 17.0 Å². The van der Waals surface area contributed by atoms with Gasteiger partial charge in [0.05, 0.1) is 18.6 Å². The van der Waals surface area contributed by atoms with Gasteiger partial charge in [-0.05, 0) is 29.7 Å². The molecule has 0 aromatic heterocycles. The lowest BCUT2D eigenvalue weighted by Gasteiger charge is -2.37. The molecule has 0 bridgehead atoms. The minimum atomic E-state index is -0.632. The molecule has 1 N–H and O–H groups in total. The number of nitrogens with zero attached hydrogens (tertiary/aromatic N) is 1. The van der Waals surface area contributed by atoms with Crippen molar-refractivity contribution in [2.45, 2.75) is 18.8 Å². The molecule has 4 rings (SSSR count). The molecule has 1 amide bonds. The number of para-hydroxylation sites is 1. The van der Waals surface area contributed by atoms with Crippen LogP contribution in [0.5, 0.6) is 5.75 Å². The van der Waals surface area contributed by atoms with Gasteiger partial charge in [-0.15, -0.1) is 0 Å². The lowest BCUT2D eigenvalue weighted by atomic mass is 9.74. The van der Waals surface area contributed by atoms with Gasteiger partial charge < -0.3 is 14.7 Å². The molecule has 2 aliphatic rings. The van der Waals surface area contributed by atoms with Crippen LogP contribution in [0.3, 0.4) is 0 Å². The van der Waals surface area contributed by atoms with E-state index in [1.165, 1.54) is 12.1 Å². The summed E-state index contributed by atoms with van der Waals surface area (Å²) in [6, 6.07) is 11.1. The van der Waals surface area contributed by atoms with Crippen LogP contribution in [0.2, 0.25) is 0 Å². The summed E-state index contributed by atoms with van der Waals surface area (Å²) in [5, 5.41) is 10.0. The highest BCUT2D eigenvalue weighted by atomic mass is 19.1. The maximum absolute atomic E-state index is 13.8. The fourth-order valence-electron chi connectivity index (χ4n) is 4.18. The SMILES string of the molecule is O=C(CCc1ccc(F)cc1F)N1C[C@H]2c3ccccc3OC[C@@]2(CO)C1. The summed E-state index contributed by atoms with van der Waals surface area (Å²) in [5.41, 5.74) is 0.829. The molecule has 2 aromatic rings. The minimum Gasteiger partial charge on any atom is -0.493 e. The number of aliphatic hydroxyl groups excluding tert-OH is 1. The van der Waals surface area contributed by atoms with Crippen molar-refractivity contribution in [2.75, 3.05) is 26.3 Å². The quantitative estimate of drug-likeness (QED) is 0.897. The monoisotopic (exact) mass is 373 g/mol. The van der Waals surface area contributed by atoms with Gasteiger partial charge in [-0.25, -0.2) is 8.78 Å². The molecule has 0 saturated carbocycles. The number of hydrogen-bond donors (Lipinski definition) is 1. The number of halogens is 2. The maximum atomic E-state index is 13.8. The molecule has 27 heavy (non-hydrogen) atoms. The Kier molecular flexibility index (Phi) is 4.60. The number of hydrogen-bond acceptors (Lipinski definition) is 3. The highest BCUT2D eigenvalue weighted by Crippen LogP contribution is 2.49. The summed E-state index contributed by atoms with van der Waals surface area (Å²) in [5.74, 6) is -0.548. The zero-order chi connectivity index (χ0) is 19.0. The van der Waals surface area contributed by atoms with Crippen molar-refractivity contribution in [1.82, 2.24) is 4.90 Å². The first-order valence-electron chi connectivity index (χ1n) is 9.07. The lowest BCUT2D eigenvalue weighted by molar-refractivity contribution is -0.130. The molecule has 2 aromatic carbocycles. The number of aryl methyl sites for hydroxylation is 1. The zero-order valence-electron chi connectivity index (χ0n) is 14.8. The maximum Gasteiger partial charge on any atom is 0.222 e. The van der Waals surface area contributed by atoms with E-state index >= 15 is 0 Å². The Bertz CT molecular complexity index is 872. The second-order valence-corrected chi connectivity index (χ2v) is 7.41. The summed E-state index contributed by atoms with van der Waals surface area (Å²) in [4.78, 5) is 14.4. The molecule has 6 heteroatoms. The average Bonchev–Trinajstić information content (AvgIpc) is 3.08. The number of aliphatic hydroxyl groups is 1. The van der Waals surface area contributed by atoms with E-state index < -0.39 is 17.0 Å². The number of fused-ring (bicyclic) bond motifs is 3. The van der Waals surface area contributed by atoms with Gasteiger partial charge >= 0.3 is 0 Å². The highest BCUT2D eigenvalue weighted by molar-refractivity contribution is 5.77. The van der Waals surface area contributed by atoms with E-state index in [0.717, 1.165) is 17.4 Å². The number of carbonyl (C=O) groups is 1. The van der Waals surface area contributed by atoms with Crippen LogP contribution < -0.4 is 4.74 Å². The lowest BCUT2D eigenvalue weighted by Crippen LogP contribution is -2.42. The van der Waals surface area contributed by atoms with Crippen molar-refractivity contribution in [1.29, 1.82) is 0 Å². The van der Waals surface area contributed by atoms with E-state index in [0.29, 0.717) is 25.3 Å². The fourth-order valence-corrected chi connectivity index (χ4v) is 4.18. The van der Waals surface area contributed by atoms with Crippen LogP contribution in [-0.4, -0.2) is 42.2 Å². The van der Waals surface area contributed by atoms with E-state index in [4.69, 9.17) is 4.74 Å². The van der Waals surface area contributed by atoms with Crippen LogP contribution in [0.15, 0.2) is 42.5 Å². The standard InChI is InChI=1S/C21H21F2NO3/c22-15-7-5-14(18(23)9-15)6-8-20(26)24-10-17-16-3-1-2-4-19(16)27-13-21(17,11-24)12-25/h1-5,7,9,17,25H,6,8,10-13H2/t17-,21-/m0/s1. The second-order valence-electron chi connectivity index (χ2n) is 7.41. The molecule has 4 nitrogen and oxygen atoms in total. The van der Waals surface area contributed by atoms with Gasteiger partial charge in [0.2, 0.25) is 5.91 Å². The first-order valence-corrected chi connectivity index (χ1v) is 9.07. The third-order valence-corrected chi connectivity index (χ3v) is 5.75. The fraction of sp³-hybridized carbons (Fsp3) is 0.381. The van der Waals surface area contributed by atoms with Crippen molar-refractivity contribution >= 4 is 5.91 Å². The Labute approximate surface area is 156 Å². The number of rotatable bonds is 4. The van der Waals surface area contributed by atoms with Gasteiger partial charge in [0, 0.05) is 31.5 Å². The number of carbonyl (C=O) groups excluding carboxylic acids is 1. The topological polar surface area (TPSA) is 49.8 Å².